The molecule has 1 aromatic rings. The first-order chi connectivity index (χ1) is 8.08. The number of fused-ring (bicyclic) bond motifs is 1. The molecule has 0 atom stereocenters. The van der Waals surface area contributed by atoms with E-state index in [-0.39, 0.29) is 24.5 Å². The molecule has 1 aliphatic heterocycles. The van der Waals surface area contributed by atoms with Crippen LogP contribution in [0.15, 0.2) is 18.2 Å². The van der Waals surface area contributed by atoms with Gasteiger partial charge in [-0.3, -0.25) is 9.59 Å². The Labute approximate surface area is 96.2 Å². The Balaban J connectivity index is 2.38. The minimum atomic E-state index is -1.54. The molecule has 6 heteroatoms. The van der Waals surface area contributed by atoms with Gasteiger partial charge in [-0.1, -0.05) is 0 Å². The molecule has 1 aromatic carbocycles. The molecule has 0 radical (unpaired) electrons. The van der Waals surface area contributed by atoms with Crippen LogP contribution in [0.4, 0.5) is 5.69 Å². The summed E-state index contributed by atoms with van der Waals surface area (Å²) in [7, 11) is 0. The first-order valence-corrected chi connectivity index (χ1v) is 4.92. The van der Waals surface area contributed by atoms with Crippen LogP contribution in [0.3, 0.4) is 0 Å². The fraction of sp³-hybridized carbons (Fsp3) is 0.182. The van der Waals surface area contributed by atoms with Crippen molar-refractivity contribution in [1.82, 2.24) is 0 Å². The number of carbonyl (C=O) groups excluding carboxylic acids is 2. The van der Waals surface area contributed by atoms with E-state index in [9.17, 15) is 14.4 Å². The zero-order valence-electron chi connectivity index (χ0n) is 8.73. The summed E-state index contributed by atoms with van der Waals surface area (Å²) in [5, 5.41) is 11.1. The lowest BCUT2D eigenvalue weighted by atomic mass is 10.1. The minimum Gasteiger partial charge on any atom is -0.491 e. The van der Waals surface area contributed by atoms with Crippen LogP contribution in [0.2, 0.25) is 0 Å². The average Bonchev–Trinajstić information content (AvgIpc) is 2.47. The second kappa shape index (κ2) is 4.25. The number of ether oxygens (including phenoxy) is 1. The van der Waals surface area contributed by atoms with Crippen LogP contribution in [0.25, 0.3) is 0 Å². The molecule has 0 bridgehead atoms. The van der Waals surface area contributed by atoms with Gasteiger partial charge >= 0.3 is 5.97 Å². The smallest absolute Gasteiger partial charge is 0.377 e. The Morgan fingerprint density at radius 2 is 2.12 bits per heavy atom. The second-order valence-electron chi connectivity index (χ2n) is 3.49. The molecule has 0 saturated carbocycles. The lowest BCUT2D eigenvalue weighted by Crippen LogP contribution is -2.14. The maximum absolute atomic E-state index is 11.3. The number of ketones is 1. The summed E-state index contributed by atoms with van der Waals surface area (Å²) in [6.45, 7) is 0.255. The van der Waals surface area contributed by atoms with Gasteiger partial charge in [-0.05, 0) is 18.2 Å². The number of carboxylic acid groups (broad SMARTS) is 1. The van der Waals surface area contributed by atoms with Crippen LogP contribution in [0.1, 0.15) is 16.8 Å². The molecule has 0 spiro atoms. The lowest BCUT2D eigenvalue weighted by molar-refractivity contribution is -0.131. The number of amides is 1. The normalized spacial score (nSPS) is 14.0. The van der Waals surface area contributed by atoms with Gasteiger partial charge in [0.25, 0.3) is 5.78 Å². The van der Waals surface area contributed by atoms with Crippen molar-refractivity contribution in [3.63, 3.8) is 0 Å². The van der Waals surface area contributed by atoms with Gasteiger partial charge in [0, 0.05) is 5.56 Å². The minimum absolute atomic E-state index is 0.00190. The predicted octanol–water partition coefficient (Wildman–Crippen LogP) is 0.675. The SMILES string of the molecule is O=C1CCOc2ccc(C(=O)C(=O)O)cc2N1. The number of hydrogen-bond donors (Lipinski definition) is 2. The Morgan fingerprint density at radius 3 is 2.82 bits per heavy atom. The second-order valence-corrected chi connectivity index (χ2v) is 3.49. The molecule has 6 nitrogen and oxygen atoms in total. The van der Waals surface area contributed by atoms with Gasteiger partial charge in [-0.2, -0.15) is 0 Å². The van der Waals surface area contributed by atoms with Crippen molar-refractivity contribution in [2.45, 2.75) is 6.42 Å². The number of Topliss-reactive ketones (excluding diaryl/α,β-unsaturated/α-hetero) is 1. The first-order valence-electron chi connectivity index (χ1n) is 4.92. The third-order valence-corrected chi connectivity index (χ3v) is 2.30. The summed E-state index contributed by atoms with van der Waals surface area (Å²) in [4.78, 5) is 33.0. The number of rotatable bonds is 2. The van der Waals surface area contributed by atoms with E-state index in [4.69, 9.17) is 9.84 Å². The van der Waals surface area contributed by atoms with E-state index < -0.39 is 11.8 Å². The van der Waals surface area contributed by atoms with E-state index in [2.05, 4.69) is 5.32 Å². The topological polar surface area (TPSA) is 92.7 Å². The summed E-state index contributed by atoms with van der Waals surface area (Å²) in [5.74, 6) is -2.36. The number of hydrogen-bond acceptors (Lipinski definition) is 4. The molecule has 2 rings (SSSR count). The van der Waals surface area contributed by atoms with Crippen LogP contribution in [0.5, 0.6) is 5.75 Å². The molecule has 0 aromatic heterocycles. The quantitative estimate of drug-likeness (QED) is 0.580. The molecular formula is C11H9NO5. The van der Waals surface area contributed by atoms with Crippen molar-refractivity contribution in [2.24, 2.45) is 0 Å². The van der Waals surface area contributed by atoms with E-state index >= 15 is 0 Å². The number of benzene rings is 1. The molecule has 17 heavy (non-hydrogen) atoms. The van der Waals surface area contributed by atoms with E-state index in [0.29, 0.717) is 11.4 Å². The van der Waals surface area contributed by atoms with Crippen LogP contribution in [-0.4, -0.2) is 29.4 Å². The highest BCUT2D eigenvalue weighted by Gasteiger charge is 2.19. The molecule has 1 amide bonds. The number of carboxylic acids is 1. The number of carbonyl (C=O) groups is 3. The van der Waals surface area contributed by atoms with Gasteiger partial charge in [0.15, 0.2) is 0 Å². The zero-order chi connectivity index (χ0) is 12.4. The van der Waals surface area contributed by atoms with Crippen molar-refractivity contribution < 1.29 is 24.2 Å². The molecular weight excluding hydrogens is 226 g/mol. The van der Waals surface area contributed by atoms with Crippen LogP contribution < -0.4 is 10.1 Å². The highest BCUT2D eigenvalue weighted by molar-refractivity contribution is 6.40. The maximum Gasteiger partial charge on any atom is 0.377 e. The summed E-state index contributed by atoms with van der Waals surface area (Å²) in [6, 6.07) is 4.12. The number of anilines is 1. The van der Waals surface area contributed by atoms with Crippen molar-refractivity contribution in [3.05, 3.63) is 23.8 Å². The Morgan fingerprint density at radius 1 is 1.35 bits per heavy atom. The molecule has 88 valence electrons. The van der Waals surface area contributed by atoms with Crippen molar-refractivity contribution >= 4 is 23.3 Å². The van der Waals surface area contributed by atoms with Crippen LogP contribution in [-0.2, 0) is 9.59 Å². The molecule has 0 unspecified atom stereocenters. The van der Waals surface area contributed by atoms with E-state index in [1.54, 1.807) is 0 Å². The molecule has 0 aliphatic carbocycles. The Hall–Kier alpha value is -2.37. The summed E-state index contributed by atoms with van der Waals surface area (Å²) in [6.07, 6.45) is 0.219. The third kappa shape index (κ3) is 2.25. The van der Waals surface area contributed by atoms with Gasteiger partial charge in [0.1, 0.15) is 5.75 Å². The van der Waals surface area contributed by atoms with Gasteiger partial charge in [-0.25, -0.2) is 4.79 Å². The Kier molecular flexibility index (Phi) is 2.78. The highest BCUT2D eigenvalue weighted by Crippen LogP contribution is 2.28. The Bertz CT molecular complexity index is 509. The number of nitrogens with one attached hydrogen (secondary N) is 1. The monoisotopic (exact) mass is 235 g/mol. The maximum atomic E-state index is 11.3. The average molecular weight is 235 g/mol. The molecule has 2 N–H and O–H groups in total. The van der Waals surface area contributed by atoms with Crippen LogP contribution >= 0.6 is 0 Å². The fourth-order valence-corrected chi connectivity index (χ4v) is 1.48. The largest absolute Gasteiger partial charge is 0.491 e. The van der Waals surface area contributed by atoms with Gasteiger partial charge in [-0.15, -0.1) is 0 Å². The predicted molar refractivity (Wildman–Crippen MR) is 57.2 cm³/mol. The van der Waals surface area contributed by atoms with Crippen LogP contribution in [0, 0.1) is 0 Å². The summed E-state index contributed by atoms with van der Waals surface area (Å²) in [5.41, 5.74) is 0.321. The van der Waals surface area contributed by atoms with Crippen molar-refractivity contribution in [1.29, 1.82) is 0 Å². The van der Waals surface area contributed by atoms with Gasteiger partial charge in [0.05, 0.1) is 18.7 Å². The van der Waals surface area contributed by atoms with E-state index in [0.717, 1.165) is 0 Å². The van der Waals surface area contributed by atoms with E-state index in [1.165, 1.54) is 18.2 Å². The fourth-order valence-electron chi connectivity index (χ4n) is 1.48. The van der Waals surface area contributed by atoms with Gasteiger partial charge in [0.2, 0.25) is 5.91 Å². The highest BCUT2D eigenvalue weighted by atomic mass is 16.5. The first kappa shape index (κ1) is 11.1. The zero-order valence-corrected chi connectivity index (χ0v) is 8.73. The summed E-state index contributed by atoms with van der Waals surface area (Å²) >= 11 is 0. The molecule has 0 saturated heterocycles. The molecule has 0 fully saturated rings. The standard InChI is InChI=1S/C11H9NO5/c13-9-3-4-17-8-2-1-6(5-7(8)12-9)10(14)11(15)16/h1-2,5H,3-4H2,(H,12,13)(H,15,16). The number of aliphatic carboxylic acids is 1. The third-order valence-electron chi connectivity index (χ3n) is 2.30. The van der Waals surface area contributed by atoms with Crippen molar-refractivity contribution in [2.75, 3.05) is 11.9 Å². The van der Waals surface area contributed by atoms with E-state index in [1.807, 2.05) is 0 Å². The summed E-state index contributed by atoms with van der Waals surface area (Å²) < 4.78 is 5.27. The van der Waals surface area contributed by atoms with Gasteiger partial charge < -0.3 is 15.2 Å². The molecule has 1 heterocycles. The van der Waals surface area contributed by atoms with Crippen molar-refractivity contribution in [3.8, 4) is 5.75 Å². The molecule has 1 aliphatic rings. The lowest BCUT2D eigenvalue weighted by Gasteiger charge is -2.07.